The quantitative estimate of drug-likeness (QED) is 0.902. The second-order valence-corrected chi connectivity index (χ2v) is 4.41. The molecule has 1 fully saturated rings. The molecule has 1 aliphatic rings. The number of aromatic nitrogens is 2. The molecule has 18 heavy (non-hydrogen) atoms. The second-order valence-electron chi connectivity index (χ2n) is 4.41. The summed E-state index contributed by atoms with van der Waals surface area (Å²) in [5, 5.41) is 0. The van der Waals surface area contributed by atoms with Crippen molar-refractivity contribution in [1.82, 2.24) is 9.97 Å². The zero-order chi connectivity index (χ0) is 13.3. The van der Waals surface area contributed by atoms with Crippen molar-refractivity contribution in [2.75, 3.05) is 23.7 Å². The van der Waals surface area contributed by atoms with Crippen molar-refractivity contribution in [3.63, 3.8) is 0 Å². The van der Waals surface area contributed by atoms with E-state index in [1.807, 2.05) is 0 Å². The van der Waals surface area contributed by atoms with Gasteiger partial charge in [-0.15, -0.1) is 0 Å². The van der Waals surface area contributed by atoms with Gasteiger partial charge in [-0.05, 0) is 19.8 Å². The van der Waals surface area contributed by atoms with Crippen molar-refractivity contribution in [3.05, 3.63) is 11.9 Å². The van der Waals surface area contributed by atoms with Crippen LogP contribution in [0.3, 0.4) is 0 Å². The molecule has 1 aromatic heterocycles. The maximum atomic E-state index is 12.4. The minimum atomic E-state index is -4.25. The predicted molar refractivity (Wildman–Crippen MR) is 62.4 cm³/mol. The maximum Gasteiger partial charge on any atom is 0.405 e. The number of hydrogen-bond donors (Lipinski definition) is 1. The molecule has 0 saturated heterocycles. The third-order valence-corrected chi connectivity index (χ3v) is 2.77. The normalized spacial score (nSPS) is 15.8. The Bertz CT molecular complexity index is 429. The Morgan fingerprint density at radius 3 is 2.56 bits per heavy atom. The van der Waals surface area contributed by atoms with Crippen LogP contribution in [0.4, 0.5) is 24.8 Å². The smallest absolute Gasteiger partial charge is 0.384 e. The van der Waals surface area contributed by atoms with Crippen molar-refractivity contribution >= 4 is 11.6 Å². The number of nitrogen functional groups attached to an aromatic ring is 1. The number of nitrogens with two attached hydrogens (primary N) is 1. The van der Waals surface area contributed by atoms with Crippen LogP contribution >= 0.6 is 0 Å². The van der Waals surface area contributed by atoms with Crippen molar-refractivity contribution < 1.29 is 13.2 Å². The largest absolute Gasteiger partial charge is 0.405 e. The average Bonchev–Trinajstić information content (AvgIpc) is 3.07. The number of rotatable bonds is 4. The Kier molecular flexibility index (Phi) is 3.32. The molecule has 7 heteroatoms. The lowest BCUT2D eigenvalue weighted by atomic mass is 10.3. The summed E-state index contributed by atoms with van der Waals surface area (Å²) in [6.45, 7) is 0.852. The summed E-state index contributed by atoms with van der Waals surface area (Å²) in [4.78, 5) is 9.41. The van der Waals surface area contributed by atoms with Crippen molar-refractivity contribution in [1.29, 1.82) is 0 Å². The molecule has 100 valence electrons. The van der Waals surface area contributed by atoms with Crippen LogP contribution in [0.2, 0.25) is 0 Å². The highest BCUT2D eigenvalue weighted by atomic mass is 19.4. The summed E-state index contributed by atoms with van der Waals surface area (Å²) in [6, 6.07) is 1.39. The minimum absolute atomic E-state index is 0.222. The number of hydrogen-bond acceptors (Lipinski definition) is 4. The van der Waals surface area contributed by atoms with Gasteiger partial charge in [0.25, 0.3) is 0 Å². The molecule has 1 saturated carbocycles. The van der Waals surface area contributed by atoms with Crippen LogP contribution in [0, 0.1) is 0 Å². The average molecular weight is 260 g/mol. The van der Waals surface area contributed by atoms with Crippen LogP contribution in [0.5, 0.6) is 0 Å². The van der Waals surface area contributed by atoms with Crippen LogP contribution in [0.25, 0.3) is 0 Å². The van der Waals surface area contributed by atoms with E-state index < -0.39 is 12.7 Å². The van der Waals surface area contributed by atoms with E-state index in [4.69, 9.17) is 5.73 Å². The monoisotopic (exact) mass is 260 g/mol. The molecular weight excluding hydrogens is 245 g/mol. The second kappa shape index (κ2) is 4.62. The fourth-order valence-electron chi connectivity index (χ4n) is 1.73. The highest BCUT2D eigenvalue weighted by molar-refractivity contribution is 5.47. The Labute approximate surface area is 103 Å². The van der Waals surface area contributed by atoms with E-state index in [0.717, 1.165) is 17.7 Å². The van der Waals surface area contributed by atoms with Gasteiger partial charge in [-0.3, -0.25) is 0 Å². The summed E-state index contributed by atoms with van der Waals surface area (Å²) < 4.78 is 37.3. The van der Waals surface area contributed by atoms with Gasteiger partial charge in [0.05, 0.1) is 0 Å². The van der Waals surface area contributed by atoms with Gasteiger partial charge in [0.15, 0.2) is 0 Å². The standard InChI is InChI=1S/C11H15F3N4/c1-2-18(6-11(12,13)14)9-5-8(15)16-10(17-9)7-3-4-7/h5,7H,2-4,6H2,1H3,(H2,15,16,17). The number of nitrogens with zero attached hydrogens (tertiary/aromatic N) is 3. The molecule has 2 rings (SSSR count). The Balaban J connectivity index is 2.24. The number of anilines is 2. The van der Waals surface area contributed by atoms with Gasteiger partial charge >= 0.3 is 6.18 Å². The predicted octanol–water partition coefficient (Wildman–Crippen LogP) is 2.32. The van der Waals surface area contributed by atoms with E-state index in [1.54, 1.807) is 6.92 Å². The van der Waals surface area contributed by atoms with Crippen molar-refractivity contribution in [2.45, 2.75) is 31.9 Å². The van der Waals surface area contributed by atoms with E-state index in [1.165, 1.54) is 6.07 Å². The summed E-state index contributed by atoms with van der Waals surface area (Å²) in [6.07, 6.45) is -2.29. The molecule has 1 heterocycles. The third kappa shape index (κ3) is 3.24. The molecule has 0 amide bonds. The van der Waals surface area contributed by atoms with E-state index in [-0.39, 0.29) is 24.1 Å². The first-order chi connectivity index (χ1) is 8.39. The fourth-order valence-corrected chi connectivity index (χ4v) is 1.73. The van der Waals surface area contributed by atoms with Crippen LogP contribution in [-0.4, -0.2) is 29.2 Å². The lowest BCUT2D eigenvalue weighted by molar-refractivity contribution is -0.119. The van der Waals surface area contributed by atoms with Gasteiger partial charge < -0.3 is 10.6 Å². The highest BCUT2D eigenvalue weighted by Gasteiger charge is 2.32. The zero-order valence-corrected chi connectivity index (χ0v) is 10.0. The summed E-state index contributed by atoms with van der Waals surface area (Å²) in [7, 11) is 0. The van der Waals surface area contributed by atoms with E-state index in [9.17, 15) is 13.2 Å². The van der Waals surface area contributed by atoms with Crippen molar-refractivity contribution in [3.8, 4) is 0 Å². The van der Waals surface area contributed by atoms with Gasteiger partial charge in [-0.2, -0.15) is 13.2 Å². The molecule has 1 aliphatic carbocycles. The van der Waals surface area contributed by atoms with E-state index >= 15 is 0 Å². The summed E-state index contributed by atoms with van der Waals surface area (Å²) in [5.74, 6) is 1.30. The maximum absolute atomic E-state index is 12.4. The zero-order valence-electron chi connectivity index (χ0n) is 10.0. The molecule has 0 atom stereocenters. The molecule has 0 aromatic carbocycles. The molecular formula is C11H15F3N4. The van der Waals surface area contributed by atoms with Gasteiger partial charge in [0.2, 0.25) is 0 Å². The van der Waals surface area contributed by atoms with Crippen LogP contribution in [0.15, 0.2) is 6.07 Å². The molecule has 4 nitrogen and oxygen atoms in total. The number of alkyl halides is 3. The number of halogens is 3. The Hall–Kier alpha value is -1.53. The van der Waals surface area contributed by atoms with Gasteiger partial charge in [0.1, 0.15) is 24.0 Å². The van der Waals surface area contributed by atoms with Gasteiger partial charge in [0, 0.05) is 18.5 Å². The Morgan fingerprint density at radius 1 is 1.39 bits per heavy atom. The molecule has 0 aliphatic heterocycles. The molecule has 0 radical (unpaired) electrons. The first kappa shape index (κ1) is 12.9. The molecule has 0 spiro atoms. The molecule has 0 unspecified atom stereocenters. The molecule has 1 aromatic rings. The SMILES string of the molecule is CCN(CC(F)(F)F)c1cc(N)nc(C2CC2)n1. The Morgan fingerprint density at radius 2 is 2.06 bits per heavy atom. The van der Waals surface area contributed by atoms with E-state index in [0.29, 0.717) is 5.82 Å². The molecule has 2 N–H and O–H groups in total. The minimum Gasteiger partial charge on any atom is -0.384 e. The first-order valence-electron chi connectivity index (χ1n) is 5.85. The summed E-state index contributed by atoms with van der Waals surface area (Å²) in [5.41, 5.74) is 5.62. The lowest BCUT2D eigenvalue weighted by Gasteiger charge is -2.23. The lowest BCUT2D eigenvalue weighted by Crippen LogP contribution is -2.35. The van der Waals surface area contributed by atoms with Crippen molar-refractivity contribution in [2.24, 2.45) is 0 Å². The van der Waals surface area contributed by atoms with Crippen LogP contribution < -0.4 is 10.6 Å². The van der Waals surface area contributed by atoms with Crippen LogP contribution in [-0.2, 0) is 0 Å². The summed E-state index contributed by atoms with van der Waals surface area (Å²) >= 11 is 0. The van der Waals surface area contributed by atoms with Crippen LogP contribution in [0.1, 0.15) is 31.5 Å². The van der Waals surface area contributed by atoms with E-state index in [2.05, 4.69) is 9.97 Å². The first-order valence-corrected chi connectivity index (χ1v) is 5.85. The third-order valence-electron chi connectivity index (χ3n) is 2.77. The molecule has 0 bridgehead atoms. The fraction of sp³-hybridized carbons (Fsp3) is 0.636. The topological polar surface area (TPSA) is 55.0 Å². The van der Waals surface area contributed by atoms with Gasteiger partial charge in [-0.25, -0.2) is 9.97 Å². The van der Waals surface area contributed by atoms with Gasteiger partial charge in [-0.1, -0.05) is 0 Å². The highest BCUT2D eigenvalue weighted by Crippen LogP contribution is 2.39.